The summed E-state index contributed by atoms with van der Waals surface area (Å²) in [6, 6.07) is 14.5. The van der Waals surface area contributed by atoms with Gasteiger partial charge in [0, 0.05) is 29.4 Å². The molecular formula is C25H28N2O6S. The SMILES string of the molecule is COc1cc(OC)c(OC)cc1CNC(=O)c1ccc(S(=O)(=O)Nc2ccc(C)c(C)c2)cc1. The third-order valence-electron chi connectivity index (χ3n) is 5.41. The van der Waals surface area contributed by atoms with E-state index in [9.17, 15) is 13.2 Å². The molecule has 0 aliphatic heterocycles. The zero-order valence-electron chi connectivity index (χ0n) is 19.8. The summed E-state index contributed by atoms with van der Waals surface area (Å²) in [6.45, 7) is 4.05. The summed E-state index contributed by atoms with van der Waals surface area (Å²) in [4.78, 5) is 12.7. The number of amides is 1. The Labute approximate surface area is 199 Å². The predicted molar refractivity (Wildman–Crippen MR) is 130 cm³/mol. The van der Waals surface area contributed by atoms with E-state index >= 15 is 0 Å². The van der Waals surface area contributed by atoms with Crippen LogP contribution in [-0.4, -0.2) is 35.7 Å². The van der Waals surface area contributed by atoms with Gasteiger partial charge >= 0.3 is 0 Å². The lowest BCUT2D eigenvalue weighted by atomic mass is 10.1. The molecule has 0 spiro atoms. The lowest BCUT2D eigenvalue weighted by Crippen LogP contribution is -2.23. The molecular weight excluding hydrogens is 456 g/mol. The zero-order valence-corrected chi connectivity index (χ0v) is 20.6. The van der Waals surface area contributed by atoms with Gasteiger partial charge < -0.3 is 19.5 Å². The lowest BCUT2D eigenvalue weighted by Gasteiger charge is -2.15. The minimum Gasteiger partial charge on any atom is -0.496 e. The molecule has 3 rings (SSSR count). The van der Waals surface area contributed by atoms with Crippen molar-refractivity contribution >= 4 is 21.6 Å². The van der Waals surface area contributed by atoms with E-state index in [-0.39, 0.29) is 17.3 Å². The lowest BCUT2D eigenvalue weighted by molar-refractivity contribution is 0.0950. The zero-order chi connectivity index (χ0) is 24.9. The van der Waals surface area contributed by atoms with E-state index in [0.717, 1.165) is 11.1 Å². The molecule has 0 saturated carbocycles. The summed E-state index contributed by atoms with van der Waals surface area (Å²) in [7, 11) is 0.790. The Kier molecular flexibility index (Phi) is 7.68. The Morgan fingerprint density at radius 1 is 0.794 bits per heavy atom. The molecule has 0 fully saturated rings. The number of nitrogens with one attached hydrogen (secondary N) is 2. The molecule has 0 heterocycles. The Balaban J connectivity index is 1.71. The number of hydrogen-bond donors (Lipinski definition) is 2. The molecule has 180 valence electrons. The second-order valence-corrected chi connectivity index (χ2v) is 9.31. The summed E-state index contributed by atoms with van der Waals surface area (Å²) in [5, 5.41) is 2.81. The molecule has 0 atom stereocenters. The van der Waals surface area contributed by atoms with Gasteiger partial charge in [0.05, 0.1) is 26.2 Å². The van der Waals surface area contributed by atoms with Crippen molar-refractivity contribution in [3.8, 4) is 17.2 Å². The standard InChI is InChI=1S/C25H28N2O6S/c1-16-6-9-20(12-17(16)2)27-34(29,30)21-10-7-18(8-11-21)25(28)26-15-19-13-23(32-4)24(33-5)14-22(19)31-3/h6-14,27H,15H2,1-5H3,(H,26,28). The Morgan fingerprint density at radius 3 is 2.00 bits per heavy atom. The van der Waals surface area contributed by atoms with E-state index in [1.165, 1.54) is 45.6 Å². The van der Waals surface area contributed by atoms with Gasteiger partial charge in [0.1, 0.15) is 5.75 Å². The fourth-order valence-electron chi connectivity index (χ4n) is 3.31. The van der Waals surface area contributed by atoms with Crippen LogP contribution in [-0.2, 0) is 16.6 Å². The van der Waals surface area contributed by atoms with E-state index in [1.807, 2.05) is 19.9 Å². The molecule has 0 bridgehead atoms. The largest absolute Gasteiger partial charge is 0.496 e. The normalized spacial score (nSPS) is 11.0. The minimum atomic E-state index is -3.79. The number of methoxy groups -OCH3 is 3. The van der Waals surface area contributed by atoms with Crippen LogP contribution < -0.4 is 24.2 Å². The van der Waals surface area contributed by atoms with Crippen molar-refractivity contribution in [2.45, 2.75) is 25.3 Å². The number of carbonyl (C=O) groups excluding carboxylic acids is 1. The van der Waals surface area contributed by atoms with Gasteiger partial charge in [-0.1, -0.05) is 6.07 Å². The monoisotopic (exact) mass is 484 g/mol. The number of rotatable bonds is 9. The van der Waals surface area contributed by atoms with E-state index in [1.54, 1.807) is 24.3 Å². The van der Waals surface area contributed by atoms with Crippen LogP contribution in [0.15, 0.2) is 59.5 Å². The topological polar surface area (TPSA) is 103 Å². The summed E-state index contributed by atoms with van der Waals surface area (Å²) in [5.41, 5.74) is 3.56. The highest BCUT2D eigenvalue weighted by molar-refractivity contribution is 7.92. The Hall–Kier alpha value is -3.72. The molecule has 0 unspecified atom stereocenters. The molecule has 0 radical (unpaired) electrons. The molecule has 0 aliphatic rings. The van der Waals surface area contributed by atoms with E-state index < -0.39 is 10.0 Å². The molecule has 0 aliphatic carbocycles. The second kappa shape index (κ2) is 10.5. The van der Waals surface area contributed by atoms with Crippen LogP contribution in [0.1, 0.15) is 27.0 Å². The summed E-state index contributed by atoms with van der Waals surface area (Å²) in [6.07, 6.45) is 0. The van der Waals surface area contributed by atoms with E-state index in [4.69, 9.17) is 14.2 Å². The van der Waals surface area contributed by atoms with Crippen molar-refractivity contribution in [3.05, 3.63) is 76.9 Å². The highest BCUT2D eigenvalue weighted by atomic mass is 32.2. The van der Waals surface area contributed by atoms with Crippen LogP contribution in [0, 0.1) is 13.8 Å². The first kappa shape index (κ1) is 24.9. The van der Waals surface area contributed by atoms with Crippen LogP contribution in [0.3, 0.4) is 0 Å². The summed E-state index contributed by atoms with van der Waals surface area (Å²) >= 11 is 0. The first-order valence-electron chi connectivity index (χ1n) is 10.5. The summed E-state index contributed by atoms with van der Waals surface area (Å²) < 4.78 is 44.0. The second-order valence-electron chi connectivity index (χ2n) is 7.63. The average molecular weight is 485 g/mol. The Morgan fingerprint density at radius 2 is 1.41 bits per heavy atom. The van der Waals surface area contributed by atoms with Gasteiger partial charge in [-0.25, -0.2) is 8.42 Å². The van der Waals surface area contributed by atoms with Crippen LogP contribution in [0.4, 0.5) is 5.69 Å². The van der Waals surface area contributed by atoms with Gasteiger partial charge in [-0.05, 0) is 67.4 Å². The molecule has 3 aromatic rings. The van der Waals surface area contributed by atoms with Crippen molar-refractivity contribution in [2.24, 2.45) is 0 Å². The number of benzene rings is 3. The van der Waals surface area contributed by atoms with Crippen molar-refractivity contribution in [1.29, 1.82) is 0 Å². The number of aryl methyl sites for hydroxylation is 2. The molecule has 34 heavy (non-hydrogen) atoms. The number of ether oxygens (including phenoxy) is 3. The highest BCUT2D eigenvalue weighted by Crippen LogP contribution is 2.34. The number of sulfonamides is 1. The van der Waals surface area contributed by atoms with Crippen LogP contribution in [0.25, 0.3) is 0 Å². The van der Waals surface area contributed by atoms with Gasteiger partial charge in [0.15, 0.2) is 11.5 Å². The molecule has 1 amide bonds. The maximum absolute atomic E-state index is 12.7. The van der Waals surface area contributed by atoms with E-state index in [2.05, 4.69) is 10.0 Å². The predicted octanol–water partition coefficient (Wildman–Crippen LogP) is 4.06. The van der Waals surface area contributed by atoms with Crippen LogP contribution in [0.2, 0.25) is 0 Å². The third-order valence-corrected chi connectivity index (χ3v) is 6.81. The minimum absolute atomic E-state index is 0.0591. The Bertz CT molecular complexity index is 1290. The van der Waals surface area contributed by atoms with Gasteiger partial charge in [0.2, 0.25) is 0 Å². The fraction of sp³-hybridized carbons (Fsp3) is 0.240. The third kappa shape index (κ3) is 5.60. The van der Waals surface area contributed by atoms with Crippen molar-refractivity contribution < 1.29 is 27.4 Å². The molecule has 3 aromatic carbocycles. The smallest absolute Gasteiger partial charge is 0.261 e. The van der Waals surface area contributed by atoms with Crippen LogP contribution in [0.5, 0.6) is 17.2 Å². The van der Waals surface area contributed by atoms with Crippen molar-refractivity contribution in [1.82, 2.24) is 5.32 Å². The van der Waals surface area contributed by atoms with Crippen molar-refractivity contribution in [3.63, 3.8) is 0 Å². The number of hydrogen-bond acceptors (Lipinski definition) is 6. The number of carbonyl (C=O) groups is 1. The molecule has 2 N–H and O–H groups in total. The first-order chi connectivity index (χ1) is 16.2. The van der Waals surface area contributed by atoms with Crippen LogP contribution >= 0.6 is 0 Å². The number of anilines is 1. The quantitative estimate of drug-likeness (QED) is 0.475. The maximum atomic E-state index is 12.7. The summed E-state index contributed by atoms with van der Waals surface area (Å²) in [5.74, 6) is 1.21. The highest BCUT2D eigenvalue weighted by Gasteiger charge is 2.17. The van der Waals surface area contributed by atoms with E-state index in [0.29, 0.717) is 34.1 Å². The maximum Gasteiger partial charge on any atom is 0.261 e. The first-order valence-corrected chi connectivity index (χ1v) is 11.9. The van der Waals surface area contributed by atoms with Gasteiger partial charge in [0.25, 0.3) is 15.9 Å². The van der Waals surface area contributed by atoms with Gasteiger partial charge in [-0.2, -0.15) is 0 Å². The molecule has 0 aromatic heterocycles. The van der Waals surface area contributed by atoms with Gasteiger partial charge in [-0.3, -0.25) is 9.52 Å². The van der Waals surface area contributed by atoms with Gasteiger partial charge in [-0.15, -0.1) is 0 Å². The molecule has 9 heteroatoms. The average Bonchev–Trinajstić information content (AvgIpc) is 2.84. The fourth-order valence-corrected chi connectivity index (χ4v) is 4.36. The van der Waals surface area contributed by atoms with Crippen molar-refractivity contribution in [2.75, 3.05) is 26.1 Å². The molecule has 8 nitrogen and oxygen atoms in total. The molecule has 0 saturated heterocycles.